The summed E-state index contributed by atoms with van der Waals surface area (Å²) in [5.41, 5.74) is 5.06. The van der Waals surface area contributed by atoms with E-state index in [9.17, 15) is 9.59 Å². The van der Waals surface area contributed by atoms with Crippen molar-refractivity contribution in [3.8, 4) is 0 Å². The highest BCUT2D eigenvalue weighted by Gasteiger charge is 2.15. The molecule has 0 heterocycles. The first-order valence-corrected chi connectivity index (χ1v) is 4.77. The average molecular weight is 218 g/mol. The lowest BCUT2D eigenvalue weighted by molar-refractivity contribution is -0.130. The predicted molar refractivity (Wildman–Crippen MR) is 54.1 cm³/mol. The molecule has 88 valence electrons. The topological polar surface area (TPSA) is 90.7 Å². The summed E-state index contributed by atoms with van der Waals surface area (Å²) >= 11 is 0. The normalized spacial score (nSPS) is 12.1. The number of methoxy groups -OCH3 is 1. The van der Waals surface area contributed by atoms with Crippen molar-refractivity contribution in [2.45, 2.75) is 19.4 Å². The third-order valence-corrected chi connectivity index (χ3v) is 1.75. The van der Waals surface area contributed by atoms with E-state index in [0.717, 1.165) is 0 Å². The molecule has 0 saturated carbocycles. The van der Waals surface area contributed by atoms with E-state index in [1.807, 2.05) is 0 Å². The van der Waals surface area contributed by atoms with Gasteiger partial charge in [0.25, 0.3) is 0 Å². The first-order valence-electron chi connectivity index (χ1n) is 4.77. The van der Waals surface area contributed by atoms with Gasteiger partial charge in [0.2, 0.25) is 11.8 Å². The molecule has 0 saturated heterocycles. The smallest absolute Gasteiger partial charge is 0.246 e. The van der Waals surface area contributed by atoms with Crippen molar-refractivity contribution in [2.75, 3.05) is 26.9 Å². The minimum Gasteiger partial charge on any atom is -0.382 e. The van der Waals surface area contributed by atoms with Crippen LogP contribution in [0.3, 0.4) is 0 Å². The van der Waals surface area contributed by atoms with Gasteiger partial charge < -0.3 is 20.5 Å². The second-order valence-electron chi connectivity index (χ2n) is 2.98. The summed E-state index contributed by atoms with van der Waals surface area (Å²) in [6.45, 7) is 2.45. The molecule has 0 fully saturated rings. The van der Waals surface area contributed by atoms with Gasteiger partial charge in [-0.1, -0.05) is 6.92 Å². The van der Waals surface area contributed by atoms with E-state index >= 15 is 0 Å². The summed E-state index contributed by atoms with van der Waals surface area (Å²) in [6, 6.07) is -0.622. The lowest BCUT2D eigenvalue weighted by Gasteiger charge is -2.12. The Morgan fingerprint density at radius 3 is 2.53 bits per heavy atom. The fourth-order valence-electron chi connectivity index (χ4n) is 0.917. The molecule has 0 aliphatic carbocycles. The molecule has 2 amide bonds. The quantitative estimate of drug-likeness (QED) is 0.513. The van der Waals surface area contributed by atoms with Crippen LogP contribution in [-0.2, 0) is 19.1 Å². The molecular formula is C9H18N2O4. The van der Waals surface area contributed by atoms with Crippen molar-refractivity contribution < 1.29 is 19.1 Å². The van der Waals surface area contributed by atoms with E-state index in [4.69, 9.17) is 15.2 Å². The molecule has 0 aliphatic heterocycles. The molecule has 0 unspecified atom stereocenters. The van der Waals surface area contributed by atoms with Crippen LogP contribution in [0.5, 0.6) is 0 Å². The molecule has 0 bridgehead atoms. The monoisotopic (exact) mass is 218 g/mol. The predicted octanol–water partition coefficient (Wildman–Crippen LogP) is -0.970. The van der Waals surface area contributed by atoms with Crippen molar-refractivity contribution in [1.82, 2.24) is 5.32 Å². The van der Waals surface area contributed by atoms with Crippen LogP contribution in [0.4, 0.5) is 0 Å². The maximum atomic E-state index is 11.2. The molecule has 6 nitrogen and oxygen atoms in total. The van der Waals surface area contributed by atoms with Crippen LogP contribution in [0.25, 0.3) is 0 Å². The minimum atomic E-state index is -0.622. The number of primary amides is 1. The van der Waals surface area contributed by atoms with Crippen molar-refractivity contribution in [1.29, 1.82) is 0 Å². The Morgan fingerprint density at radius 2 is 2.07 bits per heavy atom. The van der Waals surface area contributed by atoms with E-state index < -0.39 is 11.9 Å². The van der Waals surface area contributed by atoms with Gasteiger partial charge in [0, 0.05) is 7.11 Å². The maximum absolute atomic E-state index is 11.2. The second kappa shape index (κ2) is 8.19. The number of nitrogens with one attached hydrogen (secondary N) is 1. The highest BCUT2D eigenvalue weighted by molar-refractivity contribution is 5.86. The molecule has 0 aliphatic rings. The van der Waals surface area contributed by atoms with Gasteiger partial charge in [-0.3, -0.25) is 9.59 Å². The Labute approximate surface area is 89.1 Å². The van der Waals surface area contributed by atoms with Gasteiger partial charge in [-0.25, -0.2) is 0 Å². The van der Waals surface area contributed by atoms with Crippen molar-refractivity contribution in [3.63, 3.8) is 0 Å². The molecule has 15 heavy (non-hydrogen) atoms. The first kappa shape index (κ1) is 13.9. The van der Waals surface area contributed by atoms with Crippen molar-refractivity contribution in [3.05, 3.63) is 0 Å². The number of ether oxygens (including phenoxy) is 2. The van der Waals surface area contributed by atoms with E-state index in [0.29, 0.717) is 19.6 Å². The van der Waals surface area contributed by atoms with Gasteiger partial charge >= 0.3 is 0 Å². The fraction of sp³-hybridized carbons (Fsp3) is 0.778. The van der Waals surface area contributed by atoms with Gasteiger partial charge in [0.15, 0.2) is 0 Å². The average Bonchev–Trinajstić information content (AvgIpc) is 2.20. The third kappa shape index (κ3) is 6.87. The van der Waals surface area contributed by atoms with Crippen molar-refractivity contribution in [2.24, 2.45) is 5.73 Å². The Hall–Kier alpha value is -1.14. The zero-order valence-electron chi connectivity index (χ0n) is 9.12. The van der Waals surface area contributed by atoms with Gasteiger partial charge in [-0.05, 0) is 6.42 Å². The van der Waals surface area contributed by atoms with Gasteiger partial charge in [0.1, 0.15) is 12.6 Å². The van der Waals surface area contributed by atoms with Gasteiger partial charge in [0.05, 0.1) is 13.2 Å². The molecule has 0 radical (unpaired) electrons. The number of amides is 2. The zero-order chi connectivity index (χ0) is 11.7. The first-order chi connectivity index (χ1) is 7.11. The summed E-state index contributed by atoms with van der Waals surface area (Å²) < 4.78 is 9.71. The van der Waals surface area contributed by atoms with Crippen LogP contribution >= 0.6 is 0 Å². The highest BCUT2D eigenvalue weighted by Crippen LogP contribution is 1.89. The summed E-state index contributed by atoms with van der Waals surface area (Å²) in [7, 11) is 1.55. The summed E-state index contributed by atoms with van der Waals surface area (Å²) in [6.07, 6.45) is 0.471. The number of hydrogen-bond donors (Lipinski definition) is 2. The Morgan fingerprint density at radius 1 is 1.40 bits per heavy atom. The largest absolute Gasteiger partial charge is 0.382 e. The molecule has 0 aromatic heterocycles. The van der Waals surface area contributed by atoms with Crippen LogP contribution in [0.15, 0.2) is 0 Å². The summed E-state index contributed by atoms with van der Waals surface area (Å²) in [5.74, 6) is -0.889. The Balaban J connectivity index is 3.67. The molecule has 0 spiro atoms. The Bertz CT molecular complexity index is 208. The molecule has 0 aromatic carbocycles. The van der Waals surface area contributed by atoms with Crippen LogP contribution in [0.2, 0.25) is 0 Å². The number of rotatable bonds is 8. The maximum Gasteiger partial charge on any atom is 0.246 e. The second-order valence-corrected chi connectivity index (χ2v) is 2.98. The summed E-state index contributed by atoms with van der Waals surface area (Å²) in [4.78, 5) is 22.0. The van der Waals surface area contributed by atoms with E-state index in [1.54, 1.807) is 14.0 Å². The molecule has 6 heteroatoms. The minimum absolute atomic E-state index is 0.0901. The molecule has 0 rings (SSSR count). The van der Waals surface area contributed by atoms with E-state index in [-0.39, 0.29) is 12.5 Å². The Kier molecular flexibility index (Phi) is 7.57. The number of carbonyl (C=O) groups excluding carboxylic acids is 2. The van der Waals surface area contributed by atoms with Crippen LogP contribution < -0.4 is 11.1 Å². The van der Waals surface area contributed by atoms with Crippen LogP contribution in [0, 0.1) is 0 Å². The van der Waals surface area contributed by atoms with Gasteiger partial charge in [-0.15, -0.1) is 0 Å². The number of nitrogens with two attached hydrogens (primary N) is 1. The van der Waals surface area contributed by atoms with Crippen molar-refractivity contribution >= 4 is 11.8 Å². The lowest BCUT2D eigenvalue weighted by atomic mass is 10.2. The molecule has 0 aromatic rings. The van der Waals surface area contributed by atoms with Gasteiger partial charge in [-0.2, -0.15) is 0 Å². The summed E-state index contributed by atoms with van der Waals surface area (Å²) in [5, 5.41) is 2.46. The zero-order valence-corrected chi connectivity index (χ0v) is 9.12. The fourth-order valence-corrected chi connectivity index (χ4v) is 0.917. The molecular weight excluding hydrogens is 200 g/mol. The van der Waals surface area contributed by atoms with Crippen LogP contribution in [-0.4, -0.2) is 44.8 Å². The molecule has 3 N–H and O–H groups in total. The SMILES string of the molecule is CC[C@@H](NC(=O)COCCOC)C(N)=O. The standard InChI is InChI=1S/C9H18N2O4/c1-3-7(9(10)13)11-8(12)6-15-5-4-14-2/h7H,3-6H2,1-2H3,(H2,10,13)(H,11,12)/t7-/m1/s1. The number of hydrogen-bond acceptors (Lipinski definition) is 4. The number of carbonyl (C=O) groups is 2. The highest BCUT2D eigenvalue weighted by atomic mass is 16.5. The van der Waals surface area contributed by atoms with E-state index in [2.05, 4.69) is 5.32 Å². The van der Waals surface area contributed by atoms with E-state index in [1.165, 1.54) is 0 Å². The van der Waals surface area contributed by atoms with Crippen LogP contribution in [0.1, 0.15) is 13.3 Å². The molecule has 1 atom stereocenters. The lowest BCUT2D eigenvalue weighted by Crippen LogP contribution is -2.45. The third-order valence-electron chi connectivity index (χ3n) is 1.75.